The molecule has 8 heteroatoms. The van der Waals surface area contributed by atoms with Gasteiger partial charge >= 0.3 is 5.97 Å². The number of nitrogens with zero attached hydrogens (tertiary/aromatic N) is 1. The fourth-order valence-corrected chi connectivity index (χ4v) is 2.71. The zero-order valence-electron chi connectivity index (χ0n) is 14.8. The van der Waals surface area contributed by atoms with Gasteiger partial charge in [0, 0.05) is 12.6 Å². The van der Waals surface area contributed by atoms with Crippen molar-refractivity contribution in [2.24, 2.45) is 0 Å². The van der Waals surface area contributed by atoms with Crippen LogP contribution in [0.25, 0.3) is 6.08 Å². The zero-order chi connectivity index (χ0) is 20.3. The number of hydrogen-bond acceptors (Lipinski definition) is 5. The molecule has 1 saturated heterocycles. The Morgan fingerprint density at radius 2 is 1.86 bits per heavy atom. The molecule has 0 aromatic heterocycles. The highest BCUT2D eigenvalue weighted by Crippen LogP contribution is 2.23. The van der Waals surface area contributed by atoms with Crippen molar-refractivity contribution in [3.05, 3.63) is 70.8 Å². The SMILES string of the molecule is CN1C(=O)C(=Cc2ccccc2OCc2ccc(C(=O)O)cc2)C(=O)NC1=S. The van der Waals surface area contributed by atoms with Crippen LogP contribution in [0.3, 0.4) is 0 Å². The van der Waals surface area contributed by atoms with E-state index in [1.165, 1.54) is 30.2 Å². The van der Waals surface area contributed by atoms with Crippen molar-refractivity contribution < 1.29 is 24.2 Å². The minimum Gasteiger partial charge on any atom is -0.488 e. The summed E-state index contributed by atoms with van der Waals surface area (Å²) in [7, 11) is 1.49. The maximum atomic E-state index is 12.3. The van der Waals surface area contributed by atoms with Gasteiger partial charge in [-0.3, -0.25) is 19.8 Å². The third-order valence-electron chi connectivity index (χ3n) is 4.12. The van der Waals surface area contributed by atoms with Gasteiger partial charge in [0.2, 0.25) is 0 Å². The lowest BCUT2D eigenvalue weighted by atomic mass is 10.1. The van der Waals surface area contributed by atoms with E-state index in [-0.39, 0.29) is 22.9 Å². The first-order valence-corrected chi connectivity index (χ1v) is 8.67. The summed E-state index contributed by atoms with van der Waals surface area (Å²) in [5, 5.41) is 11.5. The molecule has 0 aliphatic carbocycles. The molecule has 2 aromatic rings. The van der Waals surface area contributed by atoms with Crippen LogP contribution < -0.4 is 10.1 Å². The Hall–Kier alpha value is -3.52. The Morgan fingerprint density at radius 1 is 1.18 bits per heavy atom. The van der Waals surface area contributed by atoms with Crippen LogP contribution in [-0.4, -0.2) is 40.0 Å². The van der Waals surface area contributed by atoms with Crippen molar-refractivity contribution in [2.75, 3.05) is 7.05 Å². The largest absolute Gasteiger partial charge is 0.488 e. The number of ether oxygens (including phenoxy) is 1. The van der Waals surface area contributed by atoms with Gasteiger partial charge in [-0.1, -0.05) is 30.3 Å². The maximum absolute atomic E-state index is 12.3. The number of nitrogens with one attached hydrogen (secondary N) is 1. The predicted molar refractivity (Wildman–Crippen MR) is 106 cm³/mol. The topological polar surface area (TPSA) is 95.9 Å². The summed E-state index contributed by atoms with van der Waals surface area (Å²) >= 11 is 4.93. The number of amides is 2. The molecular weight excluding hydrogens is 380 g/mol. The fraction of sp³-hybridized carbons (Fsp3) is 0.100. The molecule has 0 unspecified atom stereocenters. The standard InChI is InChI=1S/C20H16N2O5S/c1-22-18(24)15(17(23)21-20(22)28)10-14-4-2-3-5-16(14)27-11-12-6-8-13(9-7-12)19(25)26/h2-10H,11H2,1H3,(H,25,26)(H,21,23,28). The molecule has 0 spiro atoms. The summed E-state index contributed by atoms with van der Waals surface area (Å²) in [6.07, 6.45) is 1.46. The number of thiocarbonyl (C=S) groups is 1. The monoisotopic (exact) mass is 396 g/mol. The van der Waals surface area contributed by atoms with Crippen LogP contribution in [0.15, 0.2) is 54.1 Å². The molecule has 2 N–H and O–H groups in total. The molecule has 1 aliphatic rings. The number of para-hydroxylation sites is 1. The van der Waals surface area contributed by atoms with Gasteiger partial charge in [-0.25, -0.2) is 4.79 Å². The zero-order valence-corrected chi connectivity index (χ0v) is 15.7. The highest BCUT2D eigenvalue weighted by Gasteiger charge is 2.30. The third kappa shape index (κ3) is 4.07. The van der Waals surface area contributed by atoms with Gasteiger partial charge in [-0.15, -0.1) is 0 Å². The predicted octanol–water partition coefficient (Wildman–Crippen LogP) is 2.22. The molecule has 1 aliphatic heterocycles. The van der Waals surface area contributed by atoms with Crippen molar-refractivity contribution in [3.8, 4) is 5.75 Å². The number of benzene rings is 2. The number of hydrogen-bond donors (Lipinski definition) is 2. The Labute approximate surface area is 166 Å². The van der Waals surface area contributed by atoms with Crippen LogP contribution in [0.1, 0.15) is 21.5 Å². The molecular formula is C20H16N2O5S. The van der Waals surface area contributed by atoms with Gasteiger partial charge in [-0.05, 0) is 42.1 Å². The highest BCUT2D eigenvalue weighted by molar-refractivity contribution is 7.80. The first kappa shape index (κ1) is 19.2. The van der Waals surface area contributed by atoms with Gasteiger partial charge in [0.15, 0.2) is 5.11 Å². The van der Waals surface area contributed by atoms with E-state index in [0.717, 1.165) is 5.56 Å². The fourth-order valence-electron chi connectivity index (χ4n) is 2.54. The van der Waals surface area contributed by atoms with E-state index in [1.54, 1.807) is 36.4 Å². The van der Waals surface area contributed by atoms with Gasteiger partial charge in [-0.2, -0.15) is 0 Å². The lowest BCUT2D eigenvalue weighted by molar-refractivity contribution is -0.128. The van der Waals surface area contributed by atoms with Gasteiger partial charge in [0.05, 0.1) is 5.56 Å². The van der Waals surface area contributed by atoms with Crippen molar-refractivity contribution in [1.29, 1.82) is 0 Å². The number of carboxylic acid groups (broad SMARTS) is 1. The summed E-state index contributed by atoms with van der Waals surface area (Å²) in [5.74, 6) is -1.57. The van der Waals surface area contributed by atoms with Crippen LogP contribution in [-0.2, 0) is 16.2 Å². The van der Waals surface area contributed by atoms with E-state index in [1.807, 2.05) is 0 Å². The Balaban J connectivity index is 1.81. The van der Waals surface area contributed by atoms with Gasteiger partial charge in [0.25, 0.3) is 11.8 Å². The lowest BCUT2D eigenvalue weighted by Crippen LogP contribution is -2.52. The average Bonchev–Trinajstić information content (AvgIpc) is 2.69. The quantitative estimate of drug-likeness (QED) is 0.457. The summed E-state index contributed by atoms with van der Waals surface area (Å²) in [5.41, 5.74) is 1.49. The van der Waals surface area contributed by atoms with Crippen molar-refractivity contribution in [1.82, 2.24) is 10.2 Å². The molecule has 0 atom stereocenters. The summed E-state index contributed by atoms with van der Waals surface area (Å²) in [4.78, 5) is 36.6. The number of aromatic carboxylic acids is 1. The summed E-state index contributed by atoms with van der Waals surface area (Å²) in [6.45, 7) is 0.199. The van der Waals surface area contributed by atoms with Crippen molar-refractivity contribution in [2.45, 2.75) is 6.61 Å². The number of rotatable bonds is 5. The van der Waals surface area contributed by atoms with Crippen LogP contribution in [0.2, 0.25) is 0 Å². The van der Waals surface area contributed by atoms with E-state index in [2.05, 4.69) is 5.32 Å². The van der Waals surface area contributed by atoms with E-state index >= 15 is 0 Å². The second-order valence-corrected chi connectivity index (χ2v) is 6.40. The molecule has 0 saturated carbocycles. The molecule has 7 nitrogen and oxygen atoms in total. The molecule has 1 heterocycles. The molecule has 2 amide bonds. The molecule has 2 aromatic carbocycles. The van der Waals surface area contributed by atoms with E-state index < -0.39 is 17.8 Å². The number of likely N-dealkylation sites (N-methyl/N-ethyl adjacent to an activating group) is 1. The second-order valence-electron chi connectivity index (χ2n) is 6.01. The van der Waals surface area contributed by atoms with Crippen LogP contribution >= 0.6 is 12.2 Å². The smallest absolute Gasteiger partial charge is 0.335 e. The minimum atomic E-state index is -0.996. The van der Waals surface area contributed by atoms with Crippen LogP contribution in [0.4, 0.5) is 0 Å². The molecule has 0 bridgehead atoms. The number of carbonyl (C=O) groups is 3. The lowest BCUT2D eigenvalue weighted by Gasteiger charge is -2.25. The van der Waals surface area contributed by atoms with Crippen LogP contribution in [0, 0.1) is 0 Å². The summed E-state index contributed by atoms with van der Waals surface area (Å²) < 4.78 is 5.81. The van der Waals surface area contributed by atoms with E-state index in [9.17, 15) is 14.4 Å². The van der Waals surface area contributed by atoms with Crippen molar-refractivity contribution >= 4 is 41.2 Å². The Bertz CT molecular complexity index is 998. The van der Waals surface area contributed by atoms with E-state index in [4.69, 9.17) is 22.1 Å². The molecule has 1 fully saturated rings. The van der Waals surface area contributed by atoms with Gasteiger partial charge < -0.3 is 9.84 Å². The minimum absolute atomic E-state index is 0.0436. The molecule has 3 rings (SSSR count). The normalized spacial score (nSPS) is 15.5. The van der Waals surface area contributed by atoms with E-state index in [0.29, 0.717) is 11.3 Å². The van der Waals surface area contributed by atoms with Crippen molar-refractivity contribution in [3.63, 3.8) is 0 Å². The first-order valence-electron chi connectivity index (χ1n) is 8.26. The Morgan fingerprint density at radius 3 is 2.54 bits per heavy atom. The average molecular weight is 396 g/mol. The second kappa shape index (κ2) is 8.01. The first-order chi connectivity index (χ1) is 13.4. The Kier molecular flexibility index (Phi) is 5.51. The van der Waals surface area contributed by atoms with Gasteiger partial charge in [0.1, 0.15) is 17.9 Å². The molecule has 0 radical (unpaired) electrons. The third-order valence-corrected chi connectivity index (χ3v) is 4.49. The summed E-state index contributed by atoms with van der Waals surface area (Å²) in [6, 6.07) is 13.3. The number of carbonyl (C=O) groups excluding carboxylic acids is 2. The van der Waals surface area contributed by atoms with Crippen LogP contribution in [0.5, 0.6) is 5.75 Å². The highest BCUT2D eigenvalue weighted by atomic mass is 32.1. The maximum Gasteiger partial charge on any atom is 0.335 e. The molecule has 142 valence electrons. The number of carboxylic acids is 1. The molecule has 28 heavy (non-hydrogen) atoms.